The molecule has 0 bridgehead atoms. The van der Waals surface area contributed by atoms with Crippen molar-refractivity contribution in [2.45, 2.75) is 39.7 Å². The van der Waals surface area contributed by atoms with Crippen molar-refractivity contribution in [3.63, 3.8) is 0 Å². The summed E-state index contributed by atoms with van der Waals surface area (Å²) in [7, 11) is 0. The first kappa shape index (κ1) is 14.7. The van der Waals surface area contributed by atoms with E-state index in [-0.39, 0.29) is 0 Å². The zero-order chi connectivity index (χ0) is 14.4. The standard InChI is InChI=1S/C17H23N3/c1-4-18-13(2)16-12-19-17(20-14(16)3)11-10-15-8-6-5-7-9-15/h5-9,12-13,18H,4,10-11H2,1-3H3. The Morgan fingerprint density at radius 1 is 1.15 bits per heavy atom. The minimum absolute atomic E-state index is 0.308. The van der Waals surface area contributed by atoms with E-state index in [0.717, 1.165) is 30.9 Å². The molecule has 1 unspecified atom stereocenters. The monoisotopic (exact) mass is 269 g/mol. The average Bonchev–Trinajstić information content (AvgIpc) is 2.46. The van der Waals surface area contributed by atoms with Gasteiger partial charge in [-0.2, -0.15) is 0 Å². The Morgan fingerprint density at radius 3 is 2.55 bits per heavy atom. The molecule has 1 aromatic carbocycles. The van der Waals surface area contributed by atoms with Gasteiger partial charge in [-0.15, -0.1) is 0 Å². The van der Waals surface area contributed by atoms with Gasteiger partial charge in [-0.1, -0.05) is 37.3 Å². The average molecular weight is 269 g/mol. The van der Waals surface area contributed by atoms with E-state index in [1.807, 2.05) is 12.3 Å². The maximum absolute atomic E-state index is 4.64. The number of hydrogen-bond acceptors (Lipinski definition) is 3. The van der Waals surface area contributed by atoms with E-state index in [2.05, 4.69) is 60.3 Å². The van der Waals surface area contributed by atoms with E-state index in [1.54, 1.807) is 0 Å². The topological polar surface area (TPSA) is 37.8 Å². The lowest BCUT2D eigenvalue weighted by Crippen LogP contribution is -2.19. The molecule has 0 aliphatic heterocycles. The van der Waals surface area contributed by atoms with Crippen LogP contribution in [0.25, 0.3) is 0 Å². The molecular formula is C17H23N3. The Morgan fingerprint density at radius 2 is 1.90 bits per heavy atom. The number of nitrogens with zero attached hydrogens (tertiary/aromatic N) is 2. The van der Waals surface area contributed by atoms with Crippen LogP contribution in [0.3, 0.4) is 0 Å². The van der Waals surface area contributed by atoms with Crippen LogP contribution in [0.1, 0.15) is 42.5 Å². The Hall–Kier alpha value is -1.74. The van der Waals surface area contributed by atoms with Gasteiger partial charge < -0.3 is 5.32 Å². The van der Waals surface area contributed by atoms with Crippen LogP contribution >= 0.6 is 0 Å². The van der Waals surface area contributed by atoms with Gasteiger partial charge in [0.1, 0.15) is 5.82 Å². The van der Waals surface area contributed by atoms with Gasteiger partial charge in [-0.3, -0.25) is 0 Å². The van der Waals surface area contributed by atoms with E-state index in [4.69, 9.17) is 0 Å². The predicted octanol–water partition coefficient (Wildman–Crippen LogP) is 3.24. The number of aryl methyl sites for hydroxylation is 3. The van der Waals surface area contributed by atoms with Crippen LogP contribution in [0, 0.1) is 6.92 Å². The first-order valence-electron chi connectivity index (χ1n) is 7.30. The molecule has 2 aromatic rings. The maximum Gasteiger partial charge on any atom is 0.128 e. The van der Waals surface area contributed by atoms with Gasteiger partial charge in [0.2, 0.25) is 0 Å². The van der Waals surface area contributed by atoms with Crippen molar-refractivity contribution in [1.29, 1.82) is 0 Å². The fraction of sp³-hybridized carbons (Fsp3) is 0.412. The fourth-order valence-electron chi connectivity index (χ4n) is 2.39. The number of nitrogens with one attached hydrogen (secondary N) is 1. The third-order valence-electron chi connectivity index (χ3n) is 3.52. The van der Waals surface area contributed by atoms with Crippen molar-refractivity contribution in [2.75, 3.05) is 6.54 Å². The normalized spacial score (nSPS) is 12.3. The van der Waals surface area contributed by atoms with E-state index < -0.39 is 0 Å². The third-order valence-corrected chi connectivity index (χ3v) is 3.52. The molecule has 1 heterocycles. The maximum atomic E-state index is 4.64. The predicted molar refractivity (Wildman–Crippen MR) is 82.7 cm³/mol. The molecule has 0 saturated carbocycles. The number of benzene rings is 1. The van der Waals surface area contributed by atoms with Gasteiger partial charge in [-0.05, 0) is 32.4 Å². The van der Waals surface area contributed by atoms with Crippen molar-refractivity contribution in [3.05, 3.63) is 59.2 Å². The minimum atomic E-state index is 0.308. The lowest BCUT2D eigenvalue weighted by Gasteiger charge is -2.15. The molecule has 3 nitrogen and oxygen atoms in total. The second kappa shape index (κ2) is 7.15. The molecule has 1 aromatic heterocycles. The molecule has 2 rings (SSSR count). The van der Waals surface area contributed by atoms with Gasteiger partial charge in [0, 0.05) is 29.9 Å². The van der Waals surface area contributed by atoms with Gasteiger partial charge >= 0.3 is 0 Å². The van der Waals surface area contributed by atoms with Crippen LogP contribution in [0.2, 0.25) is 0 Å². The molecule has 0 aliphatic carbocycles. The Labute approximate surface area is 121 Å². The van der Waals surface area contributed by atoms with Crippen LogP contribution in [-0.2, 0) is 12.8 Å². The lowest BCUT2D eigenvalue weighted by molar-refractivity contribution is 0.588. The van der Waals surface area contributed by atoms with Crippen LogP contribution in [0.5, 0.6) is 0 Å². The highest BCUT2D eigenvalue weighted by molar-refractivity contribution is 5.21. The quantitative estimate of drug-likeness (QED) is 0.875. The summed E-state index contributed by atoms with van der Waals surface area (Å²) >= 11 is 0. The number of rotatable bonds is 6. The fourth-order valence-corrected chi connectivity index (χ4v) is 2.39. The van der Waals surface area contributed by atoms with Crippen LogP contribution in [0.15, 0.2) is 36.5 Å². The Bertz CT molecular complexity index is 537. The van der Waals surface area contributed by atoms with Crippen molar-refractivity contribution in [3.8, 4) is 0 Å². The molecule has 1 atom stereocenters. The van der Waals surface area contributed by atoms with E-state index in [0.29, 0.717) is 6.04 Å². The summed E-state index contributed by atoms with van der Waals surface area (Å²) in [5.41, 5.74) is 3.60. The summed E-state index contributed by atoms with van der Waals surface area (Å²) in [5.74, 6) is 0.929. The second-order valence-corrected chi connectivity index (χ2v) is 5.09. The second-order valence-electron chi connectivity index (χ2n) is 5.09. The summed E-state index contributed by atoms with van der Waals surface area (Å²) in [6, 6.07) is 10.8. The van der Waals surface area contributed by atoms with E-state index in [9.17, 15) is 0 Å². The largest absolute Gasteiger partial charge is 0.310 e. The van der Waals surface area contributed by atoms with Gasteiger partial charge in [0.25, 0.3) is 0 Å². The number of aromatic nitrogens is 2. The molecule has 0 amide bonds. The highest BCUT2D eigenvalue weighted by atomic mass is 14.9. The molecule has 1 N–H and O–H groups in total. The van der Waals surface area contributed by atoms with Gasteiger partial charge in [0.15, 0.2) is 0 Å². The lowest BCUT2D eigenvalue weighted by atomic mass is 10.1. The highest BCUT2D eigenvalue weighted by Crippen LogP contribution is 2.15. The highest BCUT2D eigenvalue weighted by Gasteiger charge is 2.09. The molecular weight excluding hydrogens is 246 g/mol. The molecule has 0 fully saturated rings. The Kier molecular flexibility index (Phi) is 5.24. The Balaban J connectivity index is 2.02. The molecule has 0 spiro atoms. The molecule has 3 heteroatoms. The van der Waals surface area contributed by atoms with E-state index in [1.165, 1.54) is 11.1 Å². The first-order chi connectivity index (χ1) is 9.70. The van der Waals surface area contributed by atoms with Crippen molar-refractivity contribution in [2.24, 2.45) is 0 Å². The SMILES string of the molecule is CCNC(C)c1cnc(CCc2ccccc2)nc1C. The summed E-state index contributed by atoms with van der Waals surface area (Å²) in [6.45, 7) is 7.28. The summed E-state index contributed by atoms with van der Waals surface area (Å²) in [4.78, 5) is 9.15. The van der Waals surface area contributed by atoms with Crippen LogP contribution in [0.4, 0.5) is 0 Å². The van der Waals surface area contributed by atoms with Gasteiger partial charge in [-0.25, -0.2) is 9.97 Å². The number of hydrogen-bond donors (Lipinski definition) is 1. The van der Waals surface area contributed by atoms with Gasteiger partial charge in [0.05, 0.1) is 0 Å². The summed E-state index contributed by atoms with van der Waals surface area (Å²) in [5, 5.41) is 3.40. The third kappa shape index (κ3) is 3.87. The van der Waals surface area contributed by atoms with Crippen molar-refractivity contribution in [1.82, 2.24) is 15.3 Å². The zero-order valence-electron chi connectivity index (χ0n) is 12.6. The molecule has 0 radical (unpaired) electrons. The van der Waals surface area contributed by atoms with Crippen molar-refractivity contribution < 1.29 is 0 Å². The summed E-state index contributed by atoms with van der Waals surface area (Å²) < 4.78 is 0. The molecule has 20 heavy (non-hydrogen) atoms. The minimum Gasteiger partial charge on any atom is -0.310 e. The van der Waals surface area contributed by atoms with Crippen LogP contribution in [-0.4, -0.2) is 16.5 Å². The van der Waals surface area contributed by atoms with Crippen molar-refractivity contribution >= 4 is 0 Å². The first-order valence-corrected chi connectivity index (χ1v) is 7.30. The molecule has 106 valence electrons. The zero-order valence-corrected chi connectivity index (χ0v) is 12.6. The molecule has 0 saturated heterocycles. The van der Waals surface area contributed by atoms with Crippen LogP contribution < -0.4 is 5.32 Å². The smallest absolute Gasteiger partial charge is 0.128 e. The summed E-state index contributed by atoms with van der Waals surface area (Å²) in [6.07, 6.45) is 3.85. The van der Waals surface area contributed by atoms with E-state index >= 15 is 0 Å². The molecule has 0 aliphatic rings.